The number of benzene rings is 1. The molecule has 0 spiro atoms. The monoisotopic (exact) mass is 395 g/mol. The molecule has 0 saturated heterocycles. The molecule has 3 rings (SSSR count). The average Bonchev–Trinajstić information content (AvgIpc) is 3.07. The normalized spacial score (nSPS) is 13.5. The zero-order valence-electron chi connectivity index (χ0n) is 16.4. The minimum Gasteiger partial charge on any atom is -0.481 e. The molecule has 0 fully saturated rings. The Hall–Kier alpha value is -3.19. The molecule has 3 N–H and O–H groups in total. The molecule has 29 heavy (non-hydrogen) atoms. The standard InChI is InChI=1S/C22H25N3O4/c1-14(2)11-18(22(28)29)24-12-17(21(26)27)20-16-8-4-3-7-15(16)13-25(20)19-9-5-6-10-23-19/h3-10,13-14,17-18,24H,11-12H2,1-2H3,(H,26,27)(H,28,29). The fraction of sp³-hybridized carbons (Fsp3) is 0.318. The summed E-state index contributed by atoms with van der Waals surface area (Å²) < 4.78 is 1.78. The Kier molecular flexibility index (Phi) is 6.29. The summed E-state index contributed by atoms with van der Waals surface area (Å²) in [5.41, 5.74) is 0.577. The third-order valence-electron chi connectivity index (χ3n) is 4.86. The minimum absolute atomic E-state index is 0.000138. The molecule has 7 nitrogen and oxygen atoms in total. The maximum atomic E-state index is 12.2. The van der Waals surface area contributed by atoms with Crippen molar-refractivity contribution in [2.75, 3.05) is 6.54 Å². The highest BCUT2D eigenvalue weighted by Crippen LogP contribution is 2.30. The highest BCUT2D eigenvalue weighted by molar-refractivity contribution is 5.91. The van der Waals surface area contributed by atoms with Gasteiger partial charge in [-0.1, -0.05) is 44.2 Å². The summed E-state index contributed by atoms with van der Waals surface area (Å²) >= 11 is 0. The van der Waals surface area contributed by atoms with Gasteiger partial charge in [-0.15, -0.1) is 0 Å². The third-order valence-corrected chi connectivity index (χ3v) is 4.86. The highest BCUT2D eigenvalue weighted by Gasteiger charge is 2.29. The predicted molar refractivity (Wildman–Crippen MR) is 110 cm³/mol. The summed E-state index contributed by atoms with van der Waals surface area (Å²) in [6, 6.07) is 12.2. The van der Waals surface area contributed by atoms with Gasteiger partial charge in [-0.25, -0.2) is 4.98 Å². The largest absolute Gasteiger partial charge is 0.481 e. The second kappa shape index (κ2) is 8.87. The summed E-state index contributed by atoms with van der Waals surface area (Å²) in [6.07, 6.45) is 3.94. The number of hydrogen-bond donors (Lipinski definition) is 3. The van der Waals surface area contributed by atoms with Crippen LogP contribution in [0.3, 0.4) is 0 Å². The first-order valence-corrected chi connectivity index (χ1v) is 9.59. The van der Waals surface area contributed by atoms with Gasteiger partial charge in [-0.2, -0.15) is 0 Å². The van der Waals surface area contributed by atoms with E-state index in [0.717, 1.165) is 10.8 Å². The van der Waals surface area contributed by atoms with E-state index in [2.05, 4.69) is 10.3 Å². The molecule has 0 amide bonds. The topological polar surface area (TPSA) is 104 Å². The van der Waals surface area contributed by atoms with Gasteiger partial charge >= 0.3 is 11.9 Å². The molecule has 2 heterocycles. The van der Waals surface area contributed by atoms with Gasteiger partial charge in [-0.05, 0) is 24.5 Å². The number of carboxylic acid groups (broad SMARTS) is 2. The van der Waals surface area contributed by atoms with Crippen LogP contribution in [-0.2, 0) is 9.59 Å². The minimum atomic E-state index is -1.02. The molecular weight excluding hydrogens is 370 g/mol. The van der Waals surface area contributed by atoms with Gasteiger partial charge in [-0.3, -0.25) is 9.59 Å². The van der Waals surface area contributed by atoms with Crippen LogP contribution in [0.15, 0.2) is 54.9 Å². The first-order chi connectivity index (χ1) is 13.9. The van der Waals surface area contributed by atoms with Crippen LogP contribution in [0.4, 0.5) is 0 Å². The fourth-order valence-electron chi connectivity index (χ4n) is 3.53. The molecule has 152 valence electrons. The number of aliphatic carboxylic acids is 2. The lowest BCUT2D eigenvalue weighted by Gasteiger charge is -2.21. The Morgan fingerprint density at radius 2 is 1.79 bits per heavy atom. The number of aromatic nitrogens is 2. The Morgan fingerprint density at radius 3 is 2.41 bits per heavy atom. The molecule has 0 aliphatic rings. The highest BCUT2D eigenvalue weighted by atomic mass is 16.4. The Labute approximate surface area is 169 Å². The van der Waals surface area contributed by atoms with E-state index in [4.69, 9.17) is 0 Å². The van der Waals surface area contributed by atoms with E-state index < -0.39 is 23.9 Å². The number of hydrogen-bond acceptors (Lipinski definition) is 4. The van der Waals surface area contributed by atoms with Crippen molar-refractivity contribution in [1.29, 1.82) is 0 Å². The van der Waals surface area contributed by atoms with Crippen molar-refractivity contribution in [1.82, 2.24) is 14.9 Å². The van der Waals surface area contributed by atoms with Gasteiger partial charge in [0.15, 0.2) is 0 Å². The lowest BCUT2D eigenvalue weighted by molar-refractivity contribution is -0.142. The van der Waals surface area contributed by atoms with Gasteiger partial charge < -0.3 is 20.1 Å². The number of carboxylic acids is 2. The van der Waals surface area contributed by atoms with Gasteiger partial charge in [0.25, 0.3) is 0 Å². The summed E-state index contributed by atoms with van der Waals surface area (Å²) in [5, 5.41) is 24.1. The number of nitrogens with one attached hydrogen (secondary N) is 1. The number of nitrogens with zero attached hydrogens (tertiary/aromatic N) is 2. The summed E-state index contributed by atoms with van der Waals surface area (Å²) in [6.45, 7) is 3.87. The van der Waals surface area contributed by atoms with Crippen molar-refractivity contribution in [2.24, 2.45) is 5.92 Å². The van der Waals surface area contributed by atoms with Gasteiger partial charge in [0.1, 0.15) is 17.8 Å². The summed E-state index contributed by atoms with van der Waals surface area (Å²) in [4.78, 5) is 28.2. The van der Waals surface area contributed by atoms with Crippen molar-refractivity contribution in [3.63, 3.8) is 0 Å². The third kappa shape index (κ3) is 4.63. The van der Waals surface area contributed by atoms with Crippen LogP contribution in [0.1, 0.15) is 31.9 Å². The van der Waals surface area contributed by atoms with E-state index in [1.165, 1.54) is 0 Å². The quantitative estimate of drug-likeness (QED) is 0.514. The molecule has 0 aliphatic carbocycles. The van der Waals surface area contributed by atoms with E-state index in [9.17, 15) is 19.8 Å². The number of fused-ring (bicyclic) bond motifs is 1. The molecule has 2 aromatic heterocycles. The first kappa shape index (κ1) is 20.5. The maximum Gasteiger partial charge on any atom is 0.320 e. The average molecular weight is 395 g/mol. The van der Waals surface area contributed by atoms with Crippen LogP contribution < -0.4 is 5.32 Å². The van der Waals surface area contributed by atoms with E-state index in [0.29, 0.717) is 17.9 Å². The van der Waals surface area contributed by atoms with Crippen LogP contribution in [-0.4, -0.2) is 44.3 Å². The lowest BCUT2D eigenvalue weighted by Crippen LogP contribution is -2.41. The Balaban J connectivity index is 2.03. The number of carbonyl (C=O) groups is 2. The second-order valence-electron chi connectivity index (χ2n) is 7.48. The van der Waals surface area contributed by atoms with Crippen molar-refractivity contribution in [3.05, 3.63) is 60.6 Å². The van der Waals surface area contributed by atoms with Crippen LogP contribution >= 0.6 is 0 Å². The molecule has 0 bridgehead atoms. The Morgan fingerprint density at radius 1 is 1.07 bits per heavy atom. The summed E-state index contributed by atoms with van der Waals surface area (Å²) in [5.74, 6) is -2.15. The smallest absolute Gasteiger partial charge is 0.320 e. The zero-order chi connectivity index (χ0) is 21.0. The molecule has 3 aromatic rings. The van der Waals surface area contributed by atoms with Gasteiger partial charge in [0.05, 0.1) is 0 Å². The Bertz CT molecular complexity index is 998. The predicted octanol–water partition coefficient (Wildman–Crippen LogP) is 3.28. The van der Waals surface area contributed by atoms with Crippen molar-refractivity contribution in [3.8, 4) is 5.82 Å². The van der Waals surface area contributed by atoms with Gasteiger partial charge in [0.2, 0.25) is 0 Å². The second-order valence-corrected chi connectivity index (χ2v) is 7.48. The molecule has 0 aliphatic heterocycles. The molecule has 0 radical (unpaired) electrons. The van der Waals surface area contributed by atoms with E-state index in [-0.39, 0.29) is 12.5 Å². The molecule has 1 aromatic carbocycles. The van der Waals surface area contributed by atoms with Gasteiger partial charge in [0, 0.05) is 35.4 Å². The van der Waals surface area contributed by atoms with E-state index in [1.54, 1.807) is 16.8 Å². The number of pyridine rings is 1. The van der Waals surface area contributed by atoms with Crippen LogP contribution in [0.25, 0.3) is 16.6 Å². The zero-order valence-corrected chi connectivity index (χ0v) is 16.4. The molecule has 7 heteroatoms. The van der Waals surface area contributed by atoms with Crippen LogP contribution in [0.5, 0.6) is 0 Å². The van der Waals surface area contributed by atoms with Crippen molar-refractivity contribution in [2.45, 2.75) is 32.2 Å². The lowest BCUT2D eigenvalue weighted by atomic mass is 9.99. The first-order valence-electron chi connectivity index (χ1n) is 9.59. The SMILES string of the molecule is CC(C)CC(NCC(C(=O)O)c1c2ccccc2cn1-c1ccccn1)C(=O)O. The summed E-state index contributed by atoms with van der Waals surface area (Å²) in [7, 11) is 0. The molecule has 0 saturated carbocycles. The van der Waals surface area contributed by atoms with Crippen molar-refractivity contribution >= 4 is 22.7 Å². The maximum absolute atomic E-state index is 12.2. The van der Waals surface area contributed by atoms with Crippen LogP contribution in [0, 0.1) is 5.92 Å². The van der Waals surface area contributed by atoms with E-state index in [1.807, 2.05) is 56.4 Å². The molecule has 2 atom stereocenters. The molecular formula is C22H25N3O4. The molecule has 2 unspecified atom stereocenters. The van der Waals surface area contributed by atoms with Crippen LogP contribution in [0.2, 0.25) is 0 Å². The van der Waals surface area contributed by atoms with E-state index >= 15 is 0 Å². The number of rotatable bonds is 9. The fourth-order valence-corrected chi connectivity index (χ4v) is 3.53. The van der Waals surface area contributed by atoms with Crippen molar-refractivity contribution < 1.29 is 19.8 Å².